The van der Waals surface area contributed by atoms with Gasteiger partial charge in [-0.1, -0.05) is 65.9 Å². The number of nitrogens with zero attached hydrogens (tertiary/aromatic N) is 3. The Hall–Kier alpha value is -3.65. The molecule has 2 N–H and O–H groups in total. The number of nitrogens with one attached hydrogen (secondary N) is 2. The topological polar surface area (TPSA) is 88.9 Å². The predicted molar refractivity (Wildman–Crippen MR) is 131 cm³/mol. The molecule has 0 saturated heterocycles. The molecular weight excluding hydrogens is 434 g/mol. The molecule has 0 saturated carbocycles. The van der Waals surface area contributed by atoms with Crippen molar-refractivity contribution in [2.75, 3.05) is 11.1 Å². The van der Waals surface area contributed by atoms with Crippen molar-refractivity contribution < 1.29 is 9.59 Å². The van der Waals surface area contributed by atoms with E-state index in [2.05, 4.69) is 20.8 Å². The lowest BCUT2D eigenvalue weighted by molar-refractivity contribution is -0.113. The zero-order valence-electron chi connectivity index (χ0n) is 18.7. The Balaban J connectivity index is 1.37. The van der Waals surface area contributed by atoms with Gasteiger partial charge in [-0.05, 0) is 37.4 Å². The number of thioether (sulfide) groups is 1. The van der Waals surface area contributed by atoms with E-state index in [-0.39, 0.29) is 23.6 Å². The fraction of sp³-hybridized carbons (Fsp3) is 0.200. The number of hydrogen-bond donors (Lipinski definition) is 2. The Labute approximate surface area is 196 Å². The highest BCUT2D eigenvalue weighted by molar-refractivity contribution is 7.99. The highest BCUT2D eigenvalue weighted by Crippen LogP contribution is 2.24. The first-order valence-electron chi connectivity index (χ1n) is 10.6. The number of rotatable bonds is 7. The molecule has 0 radical (unpaired) electrons. The number of carbonyl (C=O) groups excluding carboxylic acids is 2. The lowest BCUT2D eigenvalue weighted by Crippen LogP contribution is -2.28. The molecule has 0 aliphatic carbocycles. The lowest BCUT2D eigenvalue weighted by Gasteiger charge is -2.14. The van der Waals surface area contributed by atoms with Crippen LogP contribution in [0.1, 0.15) is 34.7 Å². The molecule has 7 nitrogen and oxygen atoms in total. The molecule has 0 fully saturated rings. The average Bonchev–Trinajstić information content (AvgIpc) is 3.18. The number of anilines is 1. The lowest BCUT2D eigenvalue weighted by atomic mass is 10.1. The van der Waals surface area contributed by atoms with Crippen molar-refractivity contribution in [2.24, 2.45) is 7.05 Å². The molecule has 1 heterocycles. The molecule has 0 aliphatic heterocycles. The predicted octanol–water partition coefficient (Wildman–Crippen LogP) is 4.50. The molecule has 3 aromatic carbocycles. The smallest absolute Gasteiger partial charge is 0.251 e. The zero-order chi connectivity index (χ0) is 23.4. The van der Waals surface area contributed by atoms with Gasteiger partial charge in [-0.25, -0.2) is 0 Å². The third-order valence-electron chi connectivity index (χ3n) is 5.28. The molecule has 168 valence electrons. The Morgan fingerprint density at radius 1 is 1.03 bits per heavy atom. The van der Waals surface area contributed by atoms with E-state index >= 15 is 0 Å². The SMILES string of the molecule is Cc1cccc(C(=O)N[C@@H](C)c2nnc(SCC(=O)Nc3cccc4ccccc34)n2C)c1. The van der Waals surface area contributed by atoms with Gasteiger partial charge in [0.05, 0.1) is 11.8 Å². The van der Waals surface area contributed by atoms with Crippen LogP contribution in [-0.2, 0) is 11.8 Å². The average molecular weight is 460 g/mol. The Morgan fingerprint density at radius 3 is 2.61 bits per heavy atom. The summed E-state index contributed by atoms with van der Waals surface area (Å²) in [7, 11) is 1.83. The molecular formula is C25H25N5O2S. The zero-order valence-corrected chi connectivity index (χ0v) is 19.5. The van der Waals surface area contributed by atoms with E-state index in [9.17, 15) is 9.59 Å². The Kier molecular flexibility index (Phi) is 6.74. The van der Waals surface area contributed by atoms with Crippen molar-refractivity contribution in [3.05, 3.63) is 83.7 Å². The van der Waals surface area contributed by atoms with Crippen molar-refractivity contribution in [3.8, 4) is 0 Å². The Bertz CT molecular complexity index is 1310. The van der Waals surface area contributed by atoms with Crippen LogP contribution >= 0.6 is 11.8 Å². The maximum atomic E-state index is 12.6. The van der Waals surface area contributed by atoms with Crippen molar-refractivity contribution in [1.29, 1.82) is 0 Å². The van der Waals surface area contributed by atoms with Crippen LogP contribution < -0.4 is 10.6 Å². The third kappa shape index (κ3) is 5.23. The first kappa shape index (κ1) is 22.5. The van der Waals surface area contributed by atoms with Crippen LogP contribution in [0, 0.1) is 6.92 Å². The molecule has 0 spiro atoms. The molecule has 0 bridgehead atoms. The molecule has 8 heteroatoms. The summed E-state index contributed by atoms with van der Waals surface area (Å²) in [6.45, 7) is 3.81. The second-order valence-corrected chi connectivity index (χ2v) is 8.77. The van der Waals surface area contributed by atoms with Crippen LogP contribution in [0.4, 0.5) is 5.69 Å². The van der Waals surface area contributed by atoms with Crippen molar-refractivity contribution >= 4 is 40.0 Å². The minimum Gasteiger partial charge on any atom is -0.342 e. The first-order chi connectivity index (χ1) is 15.9. The quantitative estimate of drug-likeness (QED) is 0.397. The molecule has 0 unspecified atom stereocenters. The molecule has 33 heavy (non-hydrogen) atoms. The fourth-order valence-corrected chi connectivity index (χ4v) is 4.33. The summed E-state index contributed by atoms with van der Waals surface area (Å²) in [5, 5.41) is 17.0. The second kappa shape index (κ2) is 9.87. The van der Waals surface area contributed by atoms with E-state index in [0.717, 1.165) is 22.0 Å². The van der Waals surface area contributed by atoms with Crippen molar-refractivity contribution in [3.63, 3.8) is 0 Å². The third-order valence-corrected chi connectivity index (χ3v) is 6.30. The van der Waals surface area contributed by atoms with Gasteiger partial charge in [0.2, 0.25) is 5.91 Å². The maximum Gasteiger partial charge on any atom is 0.251 e. The minimum absolute atomic E-state index is 0.123. The van der Waals surface area contributed by atoms with Crippen LogP contribution in [-0.4, -0.2) is 32.3 Å². The van der Waals surface area contributed by atoms with Crippen molar-refractivity contribution in [2.45, 2.75) is 25.0 Å². The number of amides is 2. The Morgan fingerprint density at radius 2 is 1.79 bits per heavy atom. The second-order valence-electron chi connectivity index (χ2n) is 7.83. The molecule has 0 aliphatic rings. The number of aryl methyl sites for hydroxylation is 1. The van der Waals surface area contributed by atoms with Gasteiger partial charge in [-0.15, -0.1) is 10.2 Å². The van der Waals surface area contributed by atoms with E-state index in [0.29, 0.717) is 16.5 Å². The number of fused-ring (bicyclic) bond motifs is 1. The minimum atomic E-state index is -0.339. The maximum absolute atomic E-state index is 12.6. The molecule has 2 amide bonds. The largest absolute Gasteiger partial charge is 0.342 e. The number of hydrogen-bond acceptors (Lipinski definition) is 5. The van der Waals surface area contributed by atoms with Gasteiger partial charge < -0.3 is 15.2 Å². The highest BCUT2D eigenvalue weighted by Gasteiger charge is 2.19. The number of aromatic nitrogens is 3. The summed E-state index contributed by atoms with van der Waals surface area (Å²) < 4.78 is 1.80. The van der Waals surface area contributed by atoms with Crippen LogP contribution in [0.3, 0.4) is 0 Å². The van der Waals surface area contributed by atoms with Crippen LogP contribution in [0.25, 0.3) is 10.8 Å². The van der Waals surface area contributed by atoms with E-state index in [1.807, 2.05) is 81.6 Å². The molecule has 4 rings (SSSR count). The van der Waals surface area contributed by atoms with Gasteiger partial charge in [-0.3, -0.25) is 9.59 Å². The highest BCUT2D eigenvalue weighted by atomic mass is 32.2. The monoisotopic (exact) mass is 459 g/mol. The molecule has 1 aromatic heterocycles. The van der Waals surface area contributed by atoms with E-state index in [1.165, 1.54) is 11.8 Å². The standard InChI is InChI=1S/C25H25N5O2S/c1-16-8-6-11-19(14-16)24(32)26-17(2)23-28-29-25(30(23)3)33-15-22(31)27-21-13-7-10-18-9-4-5-12-20(18)21/h4-14,17H,15H2,1-3H3,(H,26,32)(H,27,31)/t17-/m0/s1. The van der Waals surface area contributed by atoms with Crippen LogP contribution in [0.15, 0.2) is 71.9 Å². The van der Waals surface area contributed by atoms with E-state index < -0.39 is 0 Å². The molecule has 4 aromatic rings. The normalized spacial score (nSPS) is 11.8. The van der Waals surface area contributed by atoms with Gasteiger partial charge in [0.15, 0.2) is 11.0 Å². The number of carbonyl (C=O) groups is 2. The summed E-state index contributed by atoms with van der Waals surface area (Å²) in [5.41, 5.74) is 2.41. The summed E-state index contributed by atoms with van der Waals surface area (Å²) in [4.78, 5) is 25.1. The summed E-state index contributed by atoms with van der Waals surface area (Å²) in [5.74, 6) is 0.520. The molecule has 1 atom stereocenters. The fourth-order valence-electron chi connectivity index (χ4n) is 3.61. The van der Waals surface area contributed by atoms with Crippen molar-refractivity contribution in [1.82, 2.24) is 20.1 Å². The van der Waals surface area contributed by atoms with Gasteiger partial charge in [0.1, 0.15) is 0 Å². The summed E-state index contributed by atoms with van der Waals surface area (Å²) in [6.07, 6.45) is 0. The van der Waals surface area contributed by atoms with Gasteiger partial charge in [0, 0.05) is 23.7 Å². The first-order valence-corrected chi connectivity index (χ1v) is 11.6. The van der Waals surface area contributed by atoms with Gasteiger partial charge >= 0.3 is 0 Å². The number of benzene rings is 3. The van der Waals surface area contributed by atoms with E-state index in [1.54, 1.807) is 10.6 Å². The van der Waals surface area contributed by atoms with Gasteiger partial charge in [0.25, 0.3) is 5.91 Å². The van der Waals surface area contributed by atoms with Crippen LogP contribution in [0.5, 0.6) is 0 Å². The van der Waals surface area contributed by atoms with Gasteiger partial charge in [-0.2, -0.15) is 0 Å². The van der Waals surface area contributed by atoms with E-state index in [4.69, 9.17) is 0 Å². The van der Waals surface area contributed by atoms with Crippen LogP contribution in [0.2, 0.25) is 0 Å². The summed E-state index contributed by atoms with van der Waals surface area (Å²) in [6, 6.07) is 20.8. The summed E-state index contributed by atoms with van der Waals surface area (Å²) >= 11 is 1.30.